The Balaban J connectivity index is 2.18. The van der Waals surface area contributed by atoms with Crippen LogP contribution in [0.4, 0.5) is 0 Å². The summed E-state index contributed by atoms with van der Waals surface area (Å²) in [6.07, 6.45) is 0. The Bertz CT molecular complexity index is 371. The summed E-state index contributed by atoms with van der Waals surface area (Å²) in [7, 11) is 0. The molecule has 2 rings (SSSR count). The smallest absolute Gasteiger partial charge is 0.0972 e. The number of morpholine rings is 1. The van der Waals surface area contributed by atoms with Gasteiger partial charge in [-0.2, -0.15) is 0 Å². The van der Waals surface area contributed by atoms with Crippen LogP contribution in [-0.2, 0) is 4.74 Å². The fourth-order valence-electron chi connectivity index (χ4n) is 1.99. The number of rotatable bonds is 2. The van der Waals surface area contributed by atoms with Crippen molar-refractivity contribution in [3.8, 4) is 11.8 Å². The maximum Gasteiger partial charge on any atom is 0.0972 e. The molecule has 0 spiro atoms. The van der Waals surface area contributed by atoms with Crippen molar-refractivity contribution in [2.24, 2.45) is 0 Å². The van der Waals surface area contributed by atoms with Crippen LogP contribution in [0.25, 0.3) is 0 Å². The van der Waals surface area contributed by atoms with Gasteiger partial charge in [-0.25, -0.2) is 0 Å². The topological polar surface area (TPSA) is 12.5 Å². The van der Waals surface area contributed by atoms with Crippen LogP contribution in [-0.4, -0.2) is 31.2 Å². The Hall–Kier alpha value is -1.30. The Kier molecular flexibility index (Phi) is 3.98. The van der Waals surface area contributed by atoms with Crippen LogP contribution in [0.3, 0.4) is 0 Å². The van der Waals surface area contributed by atoms with Gasteiger partial charge in [0.15, 0.2) is 0 Å². The molecule has 1 aliphatic rings. The summed E-state index contributed by atoms with van der Waals surface area (Å²) in [4.78, 5) is 2.38. The molecule has 2 nitrogen and oxygen atoms in total. The maximum absolute atomic E-state index is 5.37. The van der Waals surface area contributed by atoms with Crippen molar-refractivity contribution < 1.29 is 4.74 Å². The highest BCUT2D eigenvalue weighted by Gasteiger charge is 2.20. The van der Waals surface area contributed by atoms with Gasteiger partial charge in [0.2, 0.25) is 0 Å². The molecule has 1 aromatic carbocycles. The molecule has 1 saturated heterocycles. The molecule has 1 heterocycles. The largest absolute Gasteiger partial charge is 0.379 e. The van der Waals surface area contributed by atoms with Crippen molar-refractivity contribution in [2.75, 3.05) is 26.3 Å². The van der Waals surface area contributed by atoms with E-state index in [-0.39, 0.29) is 6.04 Å². The molecular formula is C14H17NO. The van der Waals surface area contributed by atoms with E-state index in [4.69, 9.17) is 4.74 Å². The second-order valence-corrected chi connectivity index (χ2v) is 3.86. The van der Waals surface area contributed by atoms with Crippen LogP contribution >= 0.6 is 0 Å². The first-order valence-electron chi connectivity index (χ1n) is 5.71. The molecule has 1 aromatic rings. The highest BCUT2D eigenvalue weighted by molar-refractivity contribution is 5.27. The van der Waals surface area contributed by atoms with Crippen LogP contribution in [0.2, 0.25) is 0 Å². The molecule has 16 heavy (non-hydrogen) atoms. The lowest BCUT2D eigenvalue weighted by Gasteiger charge is -2.31. The molecule has 0 N–H and O–H groups in total. The van der Waals surface area contributed by atoms with Gasteiger partial charge in [0, 0.05) is 13.1 Å². The van der Waals surface area contributed by atoms with Crippen molar-refractivity contribution in [3.05, 3.63) is 35.9 Å². The first-order chi connectivity index (χ1) is 7.92. The van der Waals surface area contributed by atoms with Gasteiger partial charge in [-0.05, 0) is 12.5 Å². The van der Waals surface area contributed by atoms with Crippen LogP contribution in [0, 0.1) is 11.8 Å². The van der Waals surface area contributed by atoms with Gasteiger partial charge in [-0.15, -0.1) is 5.92 Å². The standard InChI is InChI=1S/C14H17NO/c1-2-6-14(13-7-4-3-5-8-13)15-9-11-16-12-10-15/h3-5,7-8,14H,9-12H2,1H3. The Morgan fingerprint density at radius 2 is 1.88 bits per heavy atom. The molecule has 0 aliphatic carbocycles. The molecule has 1 aliphatic heterocycles. The number of nitrogens with zero attached hydrogens (tertiary/aromatic N) is 1. The third kappa shape index (κ3) is 2.63. The van der Waals surface area contributed by atoms with Crippen molar-refractivity contribution in [2.45, 2.75) is 13.0 Å². The second kappa shape index (κ2) is 5.69. The van der Waals surface area contributed by atoms with Gasteiger partial charge in [0.05, 0.1) is 19.3 Å². The zero-order valence-electron chi connectivity index (χ0n) is 9.65. The summed E-state index contributed by atoms with van der Waals surface area (Å²) in [5, 5.41) is 0. The van der Waals surface area contributed by atoms with E-state index in [1.807, 2.05) is 13.0 Å². The van der Waals surface area contributed by atoms with E-state index < -0.39 is 0 Å². The van der Waals surface area contributed by atoms with Gasteiger partial charge in [-0.1, -0.05) is 36.3 Å². The van der Waals surface area contributed by atoms with E-state index in [1.165, 1.54) is 5.56 Å². The highest BCUT2D eigenvalue weighted by Crippen LogP contribution is 2.20. The van der Waals surface area contributed by atoms with Crippen LogP contribution < -0.4 is 0 Å². The molecule has 84 valence electrons. The molecule has 1 fully saturated rings. The molecule has 0 radical (unpaired) electrons. The minimum absolute atomic E-state index is 0.218. The molecule has 0 aromatic heterocycles. The lowest BCUT2D eigenvalue weighted by Crippen LogP contribution is -2.38. The Morgan fingerprint density at radius 3 is 2.50 bits per heavy atom. The van der Waals surface area contributed by atoms with E-state index in [1.54, 1.807) is 0 Å². The normalized spacial score (nSPS) is 18.6. The highest BCUT2D eigenvalue weighted by atomic mass is 16.5. The summed E-state index contributed by atoms with van der Waals surface area (Å²) in [5.74, 6) is 6.32. The van der Waals surface area contributed by atoms with E-state index in [9.17, 15) is 0 Å². The summed E-state index contributed by atoms with van der Waals surface area (Å²) < 4.78 is 5.37. The van der Waals surface area contributed by atoms with Crippen LogP contribution in [0.5, 0.6) is 0 Å². The lowest BCUT2D eigenvalue weighted by molar-refractivity contribution is 0.0270. The molecule has 2 heteroatoms. The fourth-order valence-corrected chi connectivity index (χ4v) is 1.99. The molecule has 1 unspecified atom stereocenters. The van der Waals surface area contributed by atoms with Crippen molar-refractivity contribution >= 4 is 0 Å². The van der Waals surface area contributed by atoms with E-state index in [2.05, 4.69) is 41.0 Å². The van der Waals surface area contributed by atoms with Crippen molar-refractivity contribution in [3.63, 3.8) is 0 Å². The second-order valence-electron chi connectivity index (χ2n) is 3.86. The first kappa shape index (κ1) is 11.2. The number of benzene rings is 1. The quantitative estimate of drug-likeness (QED) is 0.700. The summed E-state index contributed by atoms with van der Waals surface area (Å²) in [6, 6.07) is 10.7. The minimum atomic E-state index is 0.218. The Morgan fingerprint density at radius 1 is 1.19 bits per heavy atom. The zero-order chi connectivity index (χ0) is 11.2. The van der Waals surface area contributed by atoms with Crippen molar-refractivity contribution in [1.29, 1.82) is 0 Å². The van der Waals surface area contributed by atoms with Crippen LogP contribution in [0.1, 0.15) is 18.5 Å². The third-order valence-corrected chi connectivity index (χ3v) is 2.81. The van der Waals surface area contributed by atoms with E-state index in [0.717, 1.165) is 26.3 Å². The molecule has 0 saturated carbocycles. The summed E-state index contributed by atoms with van der Waals surface area (Å²) in [5.41, 5.74) is 1.28. The van der Waals surface area contributed by atoms with Gasteiger partial charge < -0.3 is 4.74 Å². The van der Waals surface area contributed by atoms with Gasteiger partial charge in [-0.3, -0.25) is 4.90 Å². The number of hydrogen-bond acceptors (Lipinski definition) is 2. The first-order valence-corrected chi connectivity index (χ1v) is 5.71. The maximum atomic E-state index is 5.37. The lowest BCUT2D eigenvalue weighted by atomic mass is 10.1. The zero-order valence-corrected chi connectivity index (χ0v) is 9.65. The average Bonchev–Trinajstić information content (AvgIpc) is 2.38. The SMILES string of the molecule is CC#CC(c1ccccc1)N1CCOCC1. The summed E-state index contributed by atoms with van der Waals surface area (Å²) in [6.45, 7) is 5.46. The Labute approximate surface area is 97.2 Å². The summed E-state index contributed by atoms with van der Waals surface area (Å²) >= 11 is 0. The van der Waals surface area contributed by atoms with Crippen molar-refractivity contribution in [1.82, 2.24) is 4.90 Å². The molecule has 0 amide bonds. The predicted molar refractivity (Wildman–Crippen MR) is 65.0 cm³/mol. The fraction of sp³-hybridized carbons (Fsp3) is 0.429. The number of ether oxygens (including phenoxy) is 1. The van der Waals surface area contributed by atoms with Gasteiger partial charge in [0.25, 0.3) is 0 Å². The van der Waals surface area contributed by atoms with Crippen LogP contribution in [0.15, 0.2) is 30.3 Å². The molecular weight excluding hydrogens is 198 g/mol. The van der Waals surface area contributed by atoms with E-state index >= 15 is 0 Å². The monoisotopic (exact) mass is 215 g/mol. The van der Waals surface area contributed by atoms with Gasteiger partial charge in [0.1, 0.15) is 0 Å². The van der Waals surface area contributed by atoms with Gasteiger partial charge >= 0.3 is 0 Å². The molecule has 0 bridgehead atoms. The number of hydrogen-bond donors (Lipinski definition) is 0. The molecule has 1 atom stereocenters. The predicted octanol–water partition coefficient (Wildman–Crippen LogP) is 2.08. The third-order valence-electron chi connectivity index (χ3n) is 2.81. The minimum Gasteiger partial charge on any atom is -0.379 e. The average molecular weight is 215 g/mol. The van der Waals surface area contributed by atoms with E-state index in [0.29, 0.717) is 0 Å².